The Labute approximate surface area is 163 Å². The maximum Gasteiger partial charge on any atom is 0.331 e. The Morgan fingerprint density at radius 1 is 1.19 bits per heavy atom. The lowest BCUT2D eigenvalue weighted by molar-refractivity contribution is -0.142. The molecule has 0 amide bonds. The van der Waals surface area contributed by atoms with Crippen molar-refractivity contribution in [2.45, 2.75) is 20.0 Å². The van der Waals surface area contributed by atoms with Gasteiger partial charge in [-0.25, -0.2) is 4.79 Å². The average Bonchev–Trinajstić information content (AvgIpc) is 2.60. The van der Waals surface area contributed by atoms with E-state index in [1.807, 2.05) is 25.1 Å². The summed E-state index contributed by atoms with van der Waals surface area (Å²) in [4.78, 5) is 12.1. The van der Waals surface area contributed by atoms with Crippen molar-refractivity contribution in [2.75, 3.05) is 13.7 Å². The van der Waals surface area contributed by atoms with Crippen LogP contribution in [0.5, 0.6) is 11.5 Å². The summed E-state index contributed by atoms with van der Waals surface area (Å²) in [5, 5.41) is 0.955. The molecule has 1 atom stereocenters. The van der Waals surface area contributed by atoms with Crippen molar-refractivity contribution in [2.24, 2.45) is 0 Å². The second kappa shape index (κ2) is 9.51. The van der Waals surface area contributed by atoms with Gasteiger partial charge in [-0.05, 0) is 43.7 Å². The van der Waals surface area contributed by atoms with E-state index in [0.717, 1.165) is 5.56 Å². The summed E-state index contributed by atoms with van der Waals surface area (Å²) in [5.74, 6) is 0.489. The van der Waals surface area contributed by atoms with Gasteiger partial charge in [0.25, 0.3) is 0 Å². The van der Waals surface area contributed by atoms with E-state index < -0.39 is 12.1 Å². The fourth-order valence-electron chi connectivity index (χ4n) is 2.39. The van der Waals surface area contributed by atoms with Gasteiger partial charge in [0.1, 0.15) is 6.10 Å². The topological polar surface area (TPSA) is 44.8 Å². The van der Waals surface area contributed by atoms with Crippen LogP contribution in [0, 0.1) is 0 Å². The Morgan fingerprint density at radius 3 is 2.58 bits per heavy atom. The zero-order chi connectivity index (χ0) is 19.1. The molecule has 26 heavy (non-hydrogen) atoms. The SMILES string of the molecule is CCOc1cc(/C=C/C(=O)O[C@H](C)c2ccccc2Cl)cc(Cl)c1OC. The first-order valence-electron chi connectivity index (χ1n) is 8.09. The third kappa shape index (κ3) is 5.16. The molecule has 0 N–H and O–H groups in total. The van der Waals surface area contributed by atoms with E-state index >= 15 is 0 Å². The average molecular weight is 395 g/mol. The number of benzene rings is 2. The highest BCUT2D eigenvalue weighted by atomic mass is 35.5. The molecular weight excluding hydrogens is 375 g/mol. The van der Waals surface area contributed by atoms with Crippen LogP contribution in [0.2, 0.25) is 10.0 Å². The standard InChI is InChI=1S/C20H20Cl2O4/c1-4-25-18-12-14(11-17(22)20(18)24-3)9-10-19(23)26-13(2)15-7-5-6-8-16(15)21/h5-13H,4H2,1-3H3/b10-9+/t13-/m1/s1. The zero-order valence-electron chi connectivity index (χ0n) is 14.8. The highest BCUT2D eigenvalue weighted by Gasteiger charge is 2.13. The minimum atomic E-state index is -0.484. The number of hydrogen-bond donors (Lipinski definition) is 0. The third-order valence-corrected chi connectivity index (χ3v) is 4.21. The van der Waals surface area contributed by atoms with E-state index in [1.54, 1.807) is 31.2 Å². The Morgan fingerprint density at radius 2 is 1.92 bits per heavy atom. The van der Waals surface area contributed by atoms with Crippen LogP contribution in [0.1, 0.15) is 31.1 Å². The fourth-order valence-corrected chi connectivity index (χ4v) is 2.98. The summed E-state index contributed by atoms with van der Waals surface area (Å²) in [7, 11) is 1.52. The molecular formula is C20H20Cl2O4. The minimum absolute atomic E-state index is 0.399. The molecule has 0 spiro atoms. The molecule has 0 heterocycles. The molecule has 2 aromatic carbocycles. The van der Waals surface area contributed by atoms with E-state index in [9.17, 15) is 4.79 Å². The number of methoxy groups -OCH3 is 1. The Bertz CT molecular complexity index is 802. The molecule has 2 aromatic rings. The number of ether oxygens (including phenoxy) is 3. The number of hydrogen-bond acceptors (Lipinski definition) is 4. The number of rotatable bonds is 7. The first-order chi connectivity index (χ1) is 12.5. The molecule has 0 fully saturated rings. The predicted octanol–water partition coefficient (Wildman–Crippen LogP) is 5.72. The highest BCUT2D eigenvalue weighted by Crippen LogP contribution is 2.36. The molecule has 0 aliphatic carbocycles. The number of halogens is 2. The first kappa shape index (κ1) is 20.1. The summed E-state index contributed by atoms with van der Waals surface area (Å²) < 4.78 is 16.1. The van der Waals surface area contributed by atoms with Crippen LogP contribution < -0.4 is 9.47 Å². The smallest absolute Gasteiger partial charge is 0.331 e. The Kier molecular flexibility index (Phi) is 7.37. The van der Waals surface area contributed by atoms with Crippen molar-refractivity contribution in [3.8, 4) is 11.5 Å². The molecule has 0 aliphatic rings. The van der Waals surface area contributed by atoms with Crippen molar-refractivity contribution in [1.29, 1.82) is 0 Å². The van der Waals surface area contributed by atoms with Gasteiger partial charge in [-0.1, -0.05) is 41.4 Å². The molecule has 0 radical (unpaired) electrons. The number of carbonyl (C=O) groups excluding carboxylic acids is 1. The van der Waals surface area contributed by atoms with Gasteiger partial charge in [-0.3, -0.25) is 0 Å². The number of esters is 1. The van der Waals surface area contributed by atoms with E-state index in [2.05, 4.69) is 0 Å². The highest BCUT2D eigenvalue weighted by molar-refractivity contribution is 6.32. The molecule has 0 bridgehead atoms. The molecule has 138 valence electrons. The van der Waals surface area contributed by atoms with Gasteiger partial charge < -0.3 is 14.2 Å². The second-order valence-corrected chi connectivity index (χ2v) is 6.22. The van der Waals surface area contributed by atoms with Gasteiger partial charge in [-0.15, -0.1) is 0 Å². The van der Waals surface area contributed by atoms with E-state index in [1.165, 1.54) is 13.2 Å². The van der Waals surface area contributed by atoms with Crippen LogP contribution in [0.3, 0.4) is 0 Å². The van der Waals surface area contributed by atoms with Crippen LogP contribution in [0.4, 0.5) is 0 Å². The monoisotopic (exact) mass is 394 g/mol. The lowest BCUT2D eigenvalue weighted by atomic mass is 10.1. The van der Waals surface area contributed by atoms with Gasteiger partial charge in [-0.2, -0.15) is 0 Å². The van der Waals surface area contributed by atoms with Gasteiger partial charge in [0, 0.05) is 16.7 Å². The summed E-state index contributed by atoms with van der Waals surface area (Å²) in [6.07, 6.45) is 2.48. The predicted molar refractivity (Wildman–Crippen MR) is 104 cm³/mol. The van der Waals surface area contributed by atoms with Crippen LogP contribution >= 0.6 is 23.2 Å². The van der Waals surface area contributed by atoms with Crippen molar-refractivity contribution in [3.63, 3.8) is 0 Å². The molecule has 6 heteroatoms. The summed E-state index contributed by atoms with van der Waals surface area (Å²) >= 11 is 12.3. The molecule has 0 aliphatic heterocycles. The zero-order valence-corrected chi connectivity index (χ0v) is 16.3. The molecule has 0 aromatic heterocycles. The van der Waals surface area contributed by atoms with Gasteiger partial charge in [0.05, 0.1) is 18.7 Å². The van der Waals surface area contributed by atoms with Gasteiger partial charge >= 0.3 is 5.97 Å². The van der Waals surface area contributed by atoms with Gasteiger partial charge in [0.15, 0.2) is 11.5 Å². The van der Waals surface area contributed by atoms with Crippen LogP contribution in [-0.2, 0) is 9.53 Å². The van der Waals surface area contributed by atoms with Crippen molar-refractivity contribution in [1.82, 2.24) is 0 Å². The van der Waals surface area contributed by atoms with E-state index in [-0.39, 0.29) is 0 Å². The van der Waals surface area contributed by atoms with Crippen molar-refractivity contribution >= 4 is 35.2 Å². The largest absolute Gasteiger partial charge is 0.491 e. The van der Waals surface area contributed by atoms with E-state index in [0.29, 0.717) is 33.7 Å². The molecule has 4 nitrogen and oxygen atoms in total. The lowest BCUT2D eigenvalue weighted by Gasteiger charge is -2.14. The summed E-state index contributed by atoms with van der Waals surface area (Å²) in [6, 6.07) is 10.7. The maximum atomic E-state index is 12.1. The van der Waals surface area contributed by atoms with Gasteiger partial charge in [0.2, 0.25) is 0 Å². The van der Waals surface area contributed by atoms with Crippen molar-refractivity contribution in [3.05, 3.63) is 63.6 Å². The first-order valence-corrected chi connectivity index (χ1v) is 8.85. The Balaban J connectivity index is 2.11. The molecule has 0 saturated heterocycles. The summed E-state index contributed by atoms with van der Waals surface area (Å²) in [5.41, 5.74) is 1.45. The molecule has 0 saturated carbocycles. The minimum Gasteiger partial charge on any atom is -0.491 e. The lowest BCUT2D eigenvalue weighted by Crippen LogP contribution is -2.06. The van der Waals surface area contributed by atoms with E-state index in [4.69, 9.17) is 37.4 Å². The second-order valence-electron chi connectivity index (χ2n) is 5.40. The Hall–Kier alpha value is -2.17. The van der Waals surface area contributed by atoms with Crippen LogP contribution in [-0.4, -0.2) is 19.7 Å². The molecule has 2 rings (SSSR count). The number of carbonyl (C=O) groups is 1. The maximum absolute atomic E-state index is 12.1. The summed E-state index contributed by atoms with van der Waals surface area (Å²) in [6.45, 7) is 4.10. The quantitative estimate of drug-likeness (QED) is 0.444. The third-order valence-electron chi connectivity index (χ3n) is 3.58. The normalized spacial score (nSPS) is 12.0. The molecule has 0 unspecified atom stereocenters. The van der Waals surface area contributed by atoms with Crippen LogP contribution in [0.25, 0.3) is 6.08 Å². The van der Waals surface area contributed by atoms with Crippen LogP contribution in [0.15, 0.2) is 42.5 Å². The fraction of sp³-hybridized carbons (Fsp3) is 0.250. The van der Waals surface area contributed by atoms with Crippen molar-refractivity contribution < 1.29 is 19.0 Å².